The van der Waals surface area contributed by atoms with Crippen molar-refractivity contribution < 1.29 is 4.39 Å². The van der Waals surface area contributed by atoms with Crippen LogP contribution in [-0.4, -0.2) is 7.05 Å². The van der Waals surface area contributed by atoms with Crippen LogP contribution in [0.5, 0.6) is 0 Å². The second-order valence-electron chi connectivity index (χ2n) is 4.22. The minimum atomic E-state index is -1.27. The maximum absolute atomic E-state index is 13.6. The Hall–Kier alpha value is -1.31. The van der Waals surface area contributed by atoms with Crippen molar-refractivity contribution in [1.29, 1.82) is 0 Å². The first-order valence-corrected chi connectivity index (χ1v) is 5.41. The lowest BCUT2D eigenvalue weighted by molar-refractivity contribution is 0.221. The van der Waals surface area contributed by atoms with Crippen LogP contribution in [0.25, 0.3) is 0 Å². The second kappa shape index (κ2) is 6.31. The Kier molecular flexibility index (Phi) is 5.79. The van der Waals surface area contributed by atoms with E-state index in [4.69, 9.17) is 0 Å². The quantitative estimate of drug-likeness (QED) is 0.731. The van der Waals surface area contributed by atoms with E-state index >= 15 is 0 Å². The van der Waals surface area contributed by atoms with Crippen molar-refractivity contribution in [2.75, 3.05) is 12.4 Å². The molecule has 0 aromatic heterocycles. The summed E-state index contributed by atoms with van der Waals surface area (Å²) in [5.41, 5.74) is 1.49. The van der Waals surface area contributed by atoms with Crippen LogP contribution >= 0.6 is 0 Å². The van der Waals surface area contributed by atoms with Crippen molar-refractivity contribution in [3.05, 3.63) is 42.0 Å². The van der Waals surface area contributed by atoms with Crippen LogP contribution in [0.15, 0.2) is 30.9 Å². The molecule has 1 aromatic rings. The van der Waals surface area contributed by atoms with E-state index in [1.165, 1.54) is 0 Å². The molecule has 0 saturated carbocycles. The lowest BCUT2D eigenvalue weighted by Gasteiger charge is -2.16. The van der Waals surface area contributed by atoms with Gasteiger partial charge >= 0.3 is 0 Å². The summed E-state index contributed by atoms with van der Waals surface area (Å²) in [5, 5.41) is 3.01. The molecular weight excluding hydrogens is 201 g/mol. The molecule has 0 saturated heterocycles. The maximum atomic E-state index is 13.6. The molecular formula is C14H22FN. The Morgan fingerprint density at radius 2 is 1.81 bits per heavy atom. The number of benzene rings is 1. The normalized spacial score (nSPS) is 10.1. The highest BCUT2D eigenvalue weighted by molar-refractivity contribution is 5.49. The van der Waals surface area contributed by atoms with Crippen LogP contribution in [0.1, 0.15) is 31.9 Å². The van der Waals surface area contributed by atoms with Crippen molar-refractivity contribution in [2.45, 2.75) is 33.4 Å². The molecule has 0 radical (unpaired) electrons. The van der Waals surface area contributed by atoms with E-state index in [9.17, 15) is 4.39 Å². The zero-order valence-electron chi connectivity index (χ0n) is 10.9. The van der Waals surface area contributed by atoms with E-state index in [-0.39, 0.29) is 0 Å². The molecule has 1 rings (SSSR count). The molecule has 90 valence electrons. The number of hydrogen-bond donors (Lipinski definition) is 1. The highest BCUT2D eigenvalue weighted by Gasteiger charge is 2.19. The summed E-state index contributed by atoms with van der Waals surface area (Å²) >= 11 is 0. The van der Waals surface area contributed by atoms with E-state index in [0.29, 0.717) is 0 Å². The Morgan fingerprint density at radius 3 is 2.19 bits per heavy atom. The largest absolute Gasteiger partial charge is 0.388 e. The number of aryl methyl sites for hydroxylation is 1. The van der Waals surface area contributed by atoms with E-state index in [1.54, 1.807) is 19.9 Å². The summed E-state index contributed by atoms with van der Waals surface area (Å²) in [6, 6.07) is 5.71. The Balaban J connectivity index is 0.000000673. The zero-order valence-corrected chi connectivity index (χ0v) is 10.9. The van der Waals surface area contributed by atoms with Gasteiger partial charge in [0.2, 0.25) is 0 Å². The van der Waals surface area contributed by atoms with E-state index in [0.717, 1.165) is 16.8 Å². The Bertz CT molecular complexity index is 337. The lowest BCUT2D eigenvalue weighted by Crippen LogP contribution is -2.09. The molecule has 16 heavy (non-hydrogen) atoms. The molecule has 0 heterocycles. The first kappa shape index (κ1) is 14.7. The minimum absolute atomic E-state index is 0.719. The van der Waals surface area contributed by atoms with Gasteiger partial charge in [0.25, 0.3) is 0 Å². The first-order valence-electron chi connectivity index (χ1n) is 5.41. The fourth-order valence-corrected chi connectivity index (χ4v) is 1.27. The first-order chi connectivity index (χ1) is 7.35. The fraction of sp³-hybridized carbons (Fsp3) is 0.429. The second-order valence-corrected chi connectivity index (χ2v) is 4.22. The van der Waals surface area contributed by atoms with E-state index in [2.05, 4.69) is 11.9 Å². The molecule has 0 aliphatic rings. The maximum Gasteiger partial charge on any atom is 0.130 e. The average Bonchev–Trinajstić information content (AvgIpc) is 2.16. The van der Waals surface area contributed by atoms with Gasteiger partial charge in [0.1, 0.15) is 5.67 Å². The standard InChI is InChI=1S/C11H16FN.C3H6/c1-8-5-9(11(2,3)12)7-10(6-8)13-4;1-3-2/h5-7,13H,1-4H3;3H,1H2,2H3. The summed E-state index contributed by atoms with van der Waals surface area (Å²) in [6.45, 7) is 10.4. The van der Waals surface area contributed by atoms with Crippen molar-refractivity contribution >= 4 is 5.69 Å². The highest BCUT2D eigenvalue weighted by atomic mass is 19.1. The Labute approximate surface area is 98.4 Å². The van der Waals surface area contributed by atoms with Gasteiger partial charge in [0.15, 0.2) is 0 Å². The van der Waals surface area contributed by atoms with Gasteiger partial charge in [-0.1, -0.05) is 12.1 Å². The number of anilines is 1. The van der Waals surface area contributed by atoms with Crippen LogP contribution in [0, 0.1) is 6.92 Å². The monoisotopic (exact) mass is 223 g/mol. The molecule has 0 unspecified atom stereocenters. The lowest BCUT2D eigenvalue weighted by atomic mass is 9.98. The molecule has 0 fully saturated rings. The van der Waals surface area contributed by atoms with Crippen LogP contribution in [0.3, 0.4) is 0 Å². The molecule has 1 aromatic carbocycles. The summed E-state index contributed by atoms with van der Waals surface area (Å²) in [4.78, 5) is 0. The number of allylic oxidation sites excluding steroid dienone is 1. The molecule has 2 heteroatoms. The van der Waals surface area contributed by atoms with Crippen LogP contribution in [0.2, 0.25) is 0 Å². The van der Waals surface area contributed by atoms with E-state index < -0.39 is 5.67 Å². The summed E-state index contributed by atoms with van der Waals surface area (Å²) in [6.07, 6.45) is 1.75. The smallest absolute Gasteiger partial charge is 0.130 e. The number of alkyl halides is 1. The molecule has 0 atom stereocenters. The van der Waals surface area contributed by atoms with Crippen molar-refractivity contribution in [2.24, 2.45) is 0 Å². The predicted octanol–water partition coefficient (Wildman–Crippen LogP) is 4.43. The van der Waals surface area contributed by atoms with Crippen molar-refractivity contribution in [3.8, 4) is 0 Å². The molecule has 1 N–H and O–H groups in total. The van der Waals surface area contributed by atoms with Crippen molar-refractivity contribution in [3.63, 3.8) is 0 Å². The van der Waals surface area contributed by atoms with Gasteiger partial charge < -0.3 is 5.32 Å². The third-order valence-electron chi connectivity index (χ3n) is 2.05. The summed E-state index contributed by atoms with van der Waals surface area (Å²) in [7, 11) is 1.84. The topological polar surface area (TPSA) is 12.0 Å². The van der Waals surface area contributed by atoms with Gasteiger partial charge in [-0.3, -0.25) is 0 Å². The zero-order chi connectivity index (χ0) is 12.8. The number of halogens is 1. The highest BCUT2D eigenvalue weighted by Crippen LogP contribution is 2.27. The molecule has 0 aliphatic carbocycles. The van der Waals surface area contributed by atoms with Crippen LogP contribution < -0.4 is 5.32 Å². The molecule has 1 nitrogen and oxygen atoms in total. The van der Waals surface area contributed by atoms with E-state index in [1.807, 2.05) is 39.1 Å². The number of hydrogen-bond acceptors (Lipinski definition) is 1. The fourth-order valence-electron chi connectivity index (χ4n) is 1.27. The Morgan fingerprint density at radius 1 is 1.31 bits per heavy atom. The van der Waals surface area contributed by atoms with Gasteiger partial charge in [-0.25, -0.2) is 4.39 Å². The minimum Gasteiger partial charge on any atom is -0.388 e. The summed E-state index contributed by atoms with van der Waals surface area (Å²) < 4.78 is 13.6. The number of rotatable bonds is 2. The van der Waals surface area contributed by atoms with Gasteiger partial charge in [-0.15, -0.1) is 6.58 Å². The average molecular weight is 223 g/mol. The third kappa shape index (κ3) is 4.96. The summed E-state index contributed by atoms with van der Waals surface area (Å²) in [5.74, 6) is 0. The van der Waals surface area contributed by atoms with Gasteiger partial charge in [0, 0.05) is 12.7 Å². The third-order valence-corrected chi connectivity index (χ3v) is 2.05. The van der Waals surface area contributed by atoms with Gasteiger partial charge in [-0.2, -0.15) is 0 Å². The van der Waals surface area contributed by atoms with Gasteiger partial charge in [-0.05, 0) is 51.0 Å². The molecule has 0 spiro atoms. The predicted molar refractivity (Wildman–Crippen MR) is 70.7 cm³/mol. The van der Waals surface area contributed by atoms with Crippen LogP contribution in [0.4, 0.5) is 10.1 Å². The van der Waals surface area contributed by atoms with Gasteiger partial charge in [0.05, 0.1) is 0 Å². The molecule has 0 bridgehead atoms. The van der Waals surface area contributed by atoms with Crippen LogP contribution in [-0.2, 0) is 5.67 Å². The molecule has 0 amide bonds. The van der Waals surface area contributed by atoms with Crippen molar-refractivity contribution in [1.82, 2.24) is 0 Å². The molecule has 0 aliphatic heterocycles. The SMILES string of the molecule is C=CC.CNc1cc(C)cc(C(C)(C)F)c1. The number of nitrogens with one attached hydrogen (secondary N) is 1.